The van der Waals surface area contributed by atoms with Gasteiger partial charge in [-0.15, -0.1) is 0 Å². The van der Waals surface area contributed by atoms with Crippen LogP contribution < -0.4 is 10.1 Å². The number of hydrogen-bond acceptors (Lipinski definition) is 4. The highest BCUT2D eigenvalue weighted by Gasteiger charge is 2.09. The number of fused-ring (bicyclic) bond motifs is 1. The van der Waals surface area contributed by atoms with Gasteiger partial charge in [0.05, 0.1) is 6.61 Å². The monoisotopic (exact) mass is 372 g/mol. The van der Waals surface area contributed by atoms with Crippen molar-refractivity contribution in [3.8, 4) is 17.2 Å². The van der Waals surface area contributed by atoms with Gasteiger partial charge in [0.25, 0.3) is 5.91 Å². The van der Waals surface area contributed by atoms with E-state index in [1.54, 1.807) is 24.3 Å². The molecule has 1 heterocycles. The molecule has 1 amide bonds. The first-order chi connectivity index (χ1) is 13.7. The third-order valence-corrected chi connectivity index (χ3v) is 4.38. The van der Waals surface area contributed by atoms with E-state index < -0.39 is 0 Å². The summed E-state index contributed by atoms with van der Waals surface area (Å²) < 4.78 is 11.2. The molecule has 0 aliphatic carbocycles. The van der Waals surface area contributed by atoms with Gasteiger partial charge in [0.15, 0.2) is 5.58 Å². The van der Waals surface area contributed by atoms with Gasteiger partial charge in [-0.1, -0.05) is 24.3 Å². The van der Waals surface area contributed by atoms with E-state index in [0.717, 1.165) is 28.0 Å². The Balaban J connectivity index is 1.39. The molecule has 0 saturated heterocycles. The van der Waals surface area contributed by atoms with Gasteiger partial charge in [-0.05, 0) is 61.0 Å². The van der Waals surface area contributed by atoms with Crippen LogP contribution in [0.1, 0.15) is 22.8 Å². The Bertz CT molecular complexity index is 1050. The molecule has 4 rings (SSSR count). The maximum Gasteiger partial charge on any atom is 0.251 e. The van der Waals surface area contributed by atoms with Crippen molar-refractivity contribution in [1.29, 1.82) is 0 Å². The summed E-state index contributed by atoms with van der Waals surface area (Å²) >= 11 is 0. The van der Waals surface area contributed by atoms with E-state index in [1.165, 1.54) is 0 Å². The number of rotatable bonds is 6. The normalized spacial score (nSPS) is 10.8. The van der Waals surface area contributed by atoms with Gasteiger partial charge in [-0.25, -0.2) is 4.98 Å². The summed E-state index contributed by atoms with van der Waals surface area (Å²) in [6.07, 6.45) is 0. The van der Waals surface area contributed by atoms with E-state index in [9.17, 15) is 4.79 Å². The lowest BCUT2D eigenvalue weighted by Crippen LogP contribution is -2.22. The van der Waals surface area contributed by atoms with E-state index in [2.05, 4.69) is 10.3 Å². The summed E-state index contributed by atoms with van der Waals surface area (Å²) in [7, 11) is 0. The molecular formula is C23H20N2O3. The van der Waals surface area contributed by atoms with Crippen LogP contribution in [0.2, 0.25) is 0 Å². The molecule has 1 N–H and O–H groups in total. The fourth-order valence-corrected chi connectivity index (χ4v) is 2.91. The second-order valence-corrected chi connectivity index (χ2v) is 6.32. The van der Waals surface area contributed by atoms with Gasteiger partial charge >= 0.3 is 0 Å². The van der Waals surface area contributed by atoms with E-state index in [4.69, 9.17) is 9.15 Å². The number of oxazole rings is 1. The van der Waals surface area contributed by atoms with Crippen molar-refractivity contribution in [3.05, 3.63) is 83.9 Å². The van der Waals surface area contributed by atoms with Crippen LogP contribution in [0.4, 0.5) is 0 Å². The fraction of sp³-hybridized carbons (Fsp3) is 0.130. The lowest BCUT2D eigenvalue weighted by molar-refractivity contribution is 0.0951. The predicted octanol–water partition coefficient (Wildman–Crippen LogP) is 4.82. The predicted molar refractivity (Wildman–Crippen MR) is 108 cm³/mol. The first-order valence-corrected chi connectivity index (χ1v) is 9.19. The highest BCUT2D eigenvalue weighted by molar-refractivity contribution is 5.94. The van der Waals surface area contributed by atoms with Crippen molar-refractivity contribution in [1.82, 2.24) is 10.3 Å². The van der Waals surface area contributed by atoms with E-state index in [0.29, 0.717) is 24.6 Å². The Morgan fingerprint density at radius 1 is 1.00 bits per heavy atom. The minimum Gasteiger partial charge on any atom is -0.494 e. The topological polar surface area (TPSA) is 64.4 Å². The number of aromatic nitrogens is 1. The van der Waals surface area contributed by atoms with Gasteiger partial charge in [-0.2, -0.15) is 0 Å². The number of amides is 1. The quantitative estimate of drug-likeness (QED) is 0.527. The largest absolute Gasteiger partial charge is 0.494 e. The molecule has 3 aromatic carbocycles. The van der Waals surface area contributed by atoms with Gasteiger partial charge in [0, 0.05) is 17.7 Å². The summed E-state index contributed by atoms with van der Waals surface area (Å²) in [4.78, 5) is 16.8. The van der Waals surface area contributed by atoms with Crippen LogP contribution >= 0.6 is 0 Å². The lowest BCUT2D eigenvalue weighted by Gasteiger charge is -2.07. The first-order valence-electron chi connectivity index (χ1n) is 9.19. The number of carbonyl (C=O) groups excluding carboxylic acids is 1. The number of ether oxygens (including phenoxy) is 1. The smallest absolute Gasteiger partial charge is 0.251 e. The Kier molecular flexibility index (Phi) is 5.06. The van der Waals surface area contributed by atoms with Crippen LogP contribution in [0.3, 0.4) is 0 Å². The standard InChI is InChI=1S/C23H20N2O3/c1-2-27-19-13-11-17(12-14-19)22(26)24-15-16-7-9-18(10-8-16)23-25-20-5-3-4-6-21(20)28-23/h3-14H,2,15H2,1H3,(H,24,26). The SMILES string of the molecule is CCOc1ccc(C(=O)NCc2ccc(-c3nc4ccccc4o3)cc2)cc1. The van der Waals surface area contributed by atoms with Crippen LogP contribution in [0.5, 0.6) is 5.75 Å². The van der Waals surface area contributed by atoms with Crippen molar-refractivity contribution in [2.75, 3.05) is 6.61 Å². The number of nitrogens with zero attached hydrogens (tertiary/aromatic N) is 1. The number of benzene rings is 3. The van der Waals surface area contributed by atoms with Crippen molar-refractivity contribution >= 4 is 17.0 Å². The molecule has 5 heteroatoms. The summed E-state index contributed by atoms with van der Waals surface area (Å²) in [5, 5.41) is 2.93. The summed E-state index contributed by atoms with van der Waals surface area (Å²) in [5.41, 5.74) is 4.11. The molecule has 0 atom stereocenters. The van der Waals surface area contributed by atoms with E-state index in [-0.39, 0.29) is 5.91 Å². The van der Waals surface area contributed by atoms with Crippen molar-refractivity contribution < 1.29 is 13.9 Å². The average Bonchev–Trinajstić information content (AvgIpc) is 3.17. The minimum absolute atomic E-state index is 0.119. The third-order valence-electron chi connectivity index (χ3n) is 4.38. The van der Waals surface area contributed by atoms with E-state index in [1.807, 2.05) is 55.5 Å². The van der Waals surface area contributed by atoms with Crippen LogP contribution in [0.25, 0.3) is 22.6 Å². The number of nitrogens with one attached hydrogen (secondary N) is 1. The van der Waals surface area contributed by atoms with Crippen molar-refractivity contribution in [3.63, 3.8) is 0 Å². The molecule has 0 aliphatic rings. The zero-order chi connectivity index (χ0) is 19.3. The Morgan fingerprint density at radius 2 is 1.75 bits per heavy atom. The lowest BCUT2D eigenvalue weighted by atomic mass is 10.1. The molecule has 4 aromatic rings. The van der Waals surface area contributed by atoms with Gasteiger partial charge in [-0.3, -0.25) is 4.79 Å². The molecule has 5 nitrogen and oxygen atoms in total. The molecule has 0 bridgehead atoms. The van der Waals surface area contributed by atoms with Gasteiger partial charge in [0.2, 0.25) is 5.89 Å². The average molecular weight is 372 g/mol. The minimum atomic E-state index is -0.119. The molecular weight excluding hydrogens is 352 g/mol. The van der Waals surface area contributed by atoms with Gasteiger partial charge in [0.1, 0.15) is 11.3 Å². The van der Waals surface area contributed by atoms with E-state index >= 15 is 0 Å². The molecule has 0 aliphatic heterocycles. The summed E-state index contributed by atoms with van der Waals surface area (Å²) in [6, 6.07) is 22.6. The molecule has 0 fully saturated rings. The highest BCUT2D eigenvalue weighted by Crippen LogP contribution is 2.24. The molecule has 0 unspecified atom stereocenters. The molecule has 0 spiro atoms. The number of hydrogen-bond donors (Lipinski definition) is 1. The molecule has 0 saturated carbocycles. The van der Waals surface area contributed by atoms with Crippen LogP contribution in [-0.2, 0) is 6.54 Å². The summed E-state index contributed by atoms with van der Waals surface area (Å²) in [5.74, 6) is 1.23. The second-order valence-electron chi connectivity index (χ2n) is 6.32. The Labute approximate surface area is 163 Å². The van der Waals surface area contributed by atoms with Crippen LogP contribution in [0, 0.1) is 0 Å². The number of para-hydroxylation sites is 2. The van der Waals surface area contributed by atoms with Crippen LogP contribution in [-0.4, -0.2) is 17.5 Å². The van der Waals surface area contributed by atoms with Crippen molar-refractivity contribution in [2.45, 2.75) is 13.5 Å². The third kappa shape index (κ3) is 3.88. The first kappa shape index (κ1) is 17.8. The zero-order valence-corrected chi connectivity index (χ0v) is 15.5. The maximum atomic E-state index is 12.3. The Hall–Kier alpha value is -3.60. The molecule has 0 radical (unpaired) electrons. The summed E-state index contributed by atoms with van der Waals surface area (Å²) in [6.45, 7) is 2.97. The van der Waals surface area contributed by atoms with Crippen molar-refractivity contribution in [2.24, 2.45) is 0 Å². The second kappa shape index (κ2) is 7.96. The molecule has 28 heavy (non-hydrogen) atoms. The Morgan fingerprint density at radius 3 is 2.46 bits per heavy atom. The van der Waals surface area contributed by atoms with Gasteiger partial charge < -0.3 is 14.5 Å². The molecule has 1 aromatic heterocycles. The fourth-order valence-electron chi connectivity index (χ4n) is 2.91. The highest BCUT2D eigenvalue weighted by atomic mass is 16.5. The van der Waals surface area contributed by atoms with Crippen LogP contribution in [0.15, 0.2) is 77.2 Å². The maximum absolute atomic E-state index is 12.3. The number of carbonyl (C=O) groups is 1. The molecule has 140 valence electrons. The zero-order valence-electron chi connectivity index (χ0n) is 15.5.